The fourth-order valence-electron chi connectivity index (χ4n) is 1.57. The molecule has 0 saturated heterocycles. The van der Waals surface area contributed by atoms with Crippen LogP contribution in [0, 0.1) is 0 Å². The highest BCUT2D eigenvalue weighted by Gasteiger charge is 2.08. The molecule has 0 bridgehead atoms. The molecule has 6 nitrogen and oxygen atoms in total. The first-order chi connectivity index (χ1) is 9.15. The van der Waals surface area contributed by atoms with Crippen LogP contribution in [-0.2, 0) is 17.8 Å². The van der Waals surface area contributed by atoms with E-state index in [2.05, 4.69) is 15.6 Å². The minimum Gasteiger partial charge on any atom is -0.387 e. The summed E-state index contributed by atoms with van der Waals surface area (Å²) in [5, 5.41) is 21.7. The van der Waals surface area contributed by atoms with Crippen molar-refractivity contribution in [3.8, 4) is 0 Å². The molecule has 0 aromatic carbocycles. The monoisotopic (exact) mass is 280 g/mol. The number of nitrogens with zero attached hydrogens (tertiary/aromatic N) is 3. The van der Waals surface area contributed by atoms with E-state index < -0.39 is 6.10 Å². The summed E-state index contributed by atoms with van der Waals surface area (Å²) in [7, 11) is 0. The molecule has 0 aliphatic heterocycles. The lowest BCUT2D eigenvalue weighted by Crippen LogP contribution is -2.29. The molecule has 102 valence electrons. The molecular formula is C12H16N4O2S. The van der Waals surface area contributed by atoms with Gasteiger partial charge in [0.15, 0.2) is 0 Å². The van der Waals surface area contributed by atoms with E-state index >= 15 is 0 Å². The predicted octanol–water partition coefficient (Wildman–Crippen LogP) is 0.752. The number of aliphatic hydroxyl groups excluding tert-OH is 1. The van der Waals surface area contributed by atoms with Crippen molar-refractivity contribution in [1.29, 1.82) is 0 Å². The van der Waals surface area contributed by atoms with Crippen LogP contribution in [0.15, 0.2) is 23.7 Å². The first-order valence-corrected chi connectivity index (χ1v) is 6.90. The molecule has 2 N–H and O–H groups in total. The van der Waals surface area contributed by atoms with Crippen molar-refractivity contribution >= 4 is 17.2 Å². The fourth-order valence-corrected chi connectivity index (χ4v) is 2.27. The third-order valence-electron chi connectivity index (χ3n) is 2.56. The predicted molar refractivity (Wildman–Crippen MR) is 71.7 cm³/mol. The number of rotatable bonds is 6. The summed E-state index contributed by atoms with van der Waals surface area (Å²) in [5.41, 5.74) is 0.464. The normalized spacial score (nSPS) is 12.3. The maximum Gasteiger partial charge on any atom is 0.241 e. The molecule has 1 amide bonds. The van der Waals surface area contributed by atoms with Gasteiger partial charge >= 0.3 is 0 Å². The molecule has 7 heteroatoms. The molecule has 2 heterocycles. The van der Waals surface area contributed by atoms with Gasteiger partial charge in [0.2, 0.25) is 5.91 Å². The second kappa shape index (κ2) is 6.44. The van der Waals surface area contributed by atoms with E-state index in [0.29, 0.717) is 12.2 Å². The Hall–Kier alpha value is -1.73. The zero-order chi connectivity index (χ0) is 13.7. The van der Waals surface area contributed by atoms with Crippen molar-refractivity contribution in [3.63, 3.8) is 0 Å². The zero-order valence-corrected chi connectivity index (χ0v) is 11.4. The average molecular weight is 280 g/mol. The number of aromatic nitrogens is 3. The van der Waals surface area contributed by atoms with Crippen molar-refractivity contribution in [2.75, 3.05) is 6.54 Å². The van der Waals surface area contributed by atoms with Crippen molar-refractivity contribution in [1.82, 2.24) is 20.3 Å². The third-order valence-corrected chi connectivity index (χ3v) is 3.50. The molecule has 2 aromatic rings. The van der Waals surface area contributed by atoms with Gasteiger partial charge in [0.25, 0.3) is 0 Å². The minimum absolute atomic E-state index is 0.112. The second-order valence-corrected chi connectivity index (χ2v) is 5.23. The summed E-state index contributed by atoms with van der Waals surface area (Å²) in [4.78, 5) is 12.9. The van der Waals surface area contributed by atoms with Crippen LogP contribution in [0.25, 0.3) is 0 Å². The third kappa shape index (κ3) is 4.15. The van der Waals surface area contributed by atoms with Gasteiger partial charge in [-0.3, -0.25) is 4.79 Å². The summed E-state index contributed by atoms with van der Waals surface area (Å²) in [6, 6.07) is 4.04. The highest BCUT2D eigenvalue weighted by molar-refractivity contribution is 7.09. The number of hydrogen-bond donors (Lipinski definition) is 2. The van der Waals surface area contributed by atoms with Gasteiger partial charge in [-0.1, -0.05) is 11.3 Å². The number of aliphatic hydroxyl groups is 1. The Labute approximate surface area is 115 Å². The number of hydrogen-bond acceptors (Lipinski definition) is 5. The summed E-state index contributed by atoms with van der Waals surface area (Å²) in [6.07, 6.45) is 1.74. The van der Waals surface area contributed by atoms with Crippen LogP contribution >= 0.6 is 11.3 Å². The molecule has 1 atom stereocenters. The van der Waals surface area contributed by atoms with Crippen LogP contribution in [0.2, 0.25) is 0 Å². The summed E-state index contributed by atoms with van der Waals surface area (Å²) in [5.74, 6) is -0.112. The van der Waals surface area contributed by atoms with Crippen LogP contribution in [-0.4, -0.2) is 32.6 Å². The van der Waals surface area contributed by atoms with E-state index in [0.717, 1.165) is 6.42 Å². The Morgan fingerprint density at radius 3 is 3.11 bits per heavy atom. The maximum atomic E-state index is 11.7. The fraction of sp³-hybridized carbons (Fsp3) is 0.417. The minimum atomic E-state index is -0.671. The molecule has 0 saturated carbocycles. The molecule has 19 heavy (non-hydrogen) atoms. The largest absolute Gasteiger partial charge is 0.387 e. The molecule has 2 rings (SSSR count). The van der Waals surface area contributed by atoms with E-state index in [1.165, 1.54) is 9.56 Å². The van der Waals surface area contributed by atoms with Crippen molar-refractivity contribution in [2.24, 2.45) is 0 Å². The van der Waals surface area contributed by atoms with Crippen molar-refractivity contribution in [2.45, 2.75) is 26.0 Å². The van der Waals surface area contributed by atoms with Gasteiger partial charge in [-0.25, -0.2) is 4.68 Å². The smallest absolute Gasteiger partial charge is 0.241 e. The van der Waals surface area contributed by atoms with Crippen LogP contribution in [0.1, 0.15) is 23.6 Å². The maximum absolute atomic E-state index is 11.7. The topological polar surface area (TPSA) is 80.0 Å². The van der Waals surface area contributed by atoms with Crippen LogP contribution < -0.4 is 5.32 Å². The van der Waals surface area contributed by atoms with Gasteiger partial charge in [0, 0.05) is 11.4 Å². The SMILES string of the molecule is CC(O)c1cn(CC(=O)NCCc2cccs2)nn1. The first-order valence-electron chi connectivity index (χ1n) is 6.02. The van der Waals surface area contributed by atoms with Gasteiger partial charge in [-0.15, -0.1) is 16.4 Å². The standard InChI is InChI=1S/C12H16N4O2S/c1-9(17)11-7-16(15-14-11)8-12(18)13-5-4-10-3-2-6-19-10/h2-3,6-7,9,17H,4-5,8H2,1H3,(H,13,18). The van der Waals surface area contributed by atoms with E-state index in [9.17, 15) is 9.90 Å². The van der Waals surface area contributed by atoms with Crippen LogP contribution in [0.3, 0.4) is 0 Å². The second-order valence-electron chi connectivity index (χ2n) is 4.20. The number of carbonyl (C=O) groups excluding carboxylic acids is 1. The van der Waals surface area contributed by atoms with Crippen LogP contribution in [0.5, 0.6) is 0 Å². The molecule has 0 aliphatic carbocycles. The van der Waals surface area contributed by atoms with Crippen LogP contribution in [0.4, 0.5) is 0 Å². The zero-order valence-electron chi connectivity index (χ0n) is 10.6. The highest BCUT2D eigenvalue weighted by atomic mass is 32.1. The van der Waals surface area contributed by atoms with E-state index in [4.69, 9.17) is 0 Å². The average Bonchev–Trinajstić information content (AvgIpc) is 3.00. The first kappa shape index (κ1) is 13.7. The number of nitrogens with one attached hydrogen (secondary N) is 1. The molecule has 0 spiro atoms. The van der Waals surface area contributed by atoms with Gasteiger partial charge < -0.3 is 10.4 Å². The Balaban J connectivity index is 1.74. The summed E-state index contributed by atoms with van der Waals surface area (Å²) < 4.78 is 1.42. The lowest BCUT2D eigenvalue weighted by Gasteiger charge is -2.03. The summed E-state index contributed by atoms with van der Waals surface area (Å²) >= 11 is 1.68. The Kier molecular flexibility index (Phi) is 4.64. The lowest BCUT2D eigenvalue weighted by molar-refractivity contribution is -0.121. The van der Waals surface area contributed by atoms with Gasteiger partial charge in [-0.2, -0.15) is 0 Å². The van der Waals surface area contributed by atoms with Crippen molar-refractivity contribution in [3.05, 3.63) is 34.3 Å². The molecule has 2 aromatic heterocycles. The molecular weight excluding hydrogens is 264 g/mol. The van der Waals surface area contributed by atoms with E-state index in [1.807, 2.05) is 17.5 Å². The van der Waals surface area contributed by atoms with Gasteiger partial charge in [0.05, 0.1) is 12.3 Å². The lowest BCUT2D eigenvalue weighted by atomic mass is 10.3. The van der Waals surface area contributed by atoms with Crippen molar-refractivity contribution < 1.29 is 9.90 Å². The molecule has 0 aliphatic rings. The van der Waals surface area contributed by atoms with E-state index in [1.54, 1.807) is 24.5 Å². The molecule has 1 unspecified atom stereocenters. The quantitative estimate of drug-likeness (QED) is 0.818. The summed E-state index contributed by atoms with van der Waals surface area (Å²) in [6.45, 7) is 2.33. The highest BCUT2D eigenvalue weighted by Crippen LogP contribution is 2.08. The number of carbonyl (C=O) groups is 1. The molecule has 0 radical (unpaired) electrons. The Morgan fingerprint density at radius 1 is 1.63 bits per heavy atom. The van der Waals surface area contributed by atoms with Gasteiger partial charge in [-0.05, 0) is 24.8 Å². The Morgan fingerprint density at radius 2 is 2.47 bits per heavy atom. The van der Waals surface area contributed by atoms with E-state index in [-0.39, 0.29) is 12.5 Å². The number of amides is 1. The van der Waals surface area contributed by atoms with Gasteiger partial charge in [0.1, 0.15) is 12.2 Å². The number of thiophene rings is 1. The molecule has 0 fully saturated rings. The Bertz CT molecular complexity index is 522.